The Morgan fingerprint density at radius 3 is 2.87 bits per heavy atom. The Hall–Kier alpha value is -1.73. The zero-order valence-corrected chi connectivity index (χ0v) is 14.4. The van der Waals surface area contributed by atoms with Crippen molar-refractivity contribution in [3.63, 3.8) is 0 Å². The summed E-state index contributed by atoms with van der Waals surface area (Å²) >= 11 is 0. The first-order valence-electron chi connectivity index (χ1n) is 8.15. The second kappa shape index (κ2) is 6.80. The third kappa shape index (κ3) is 3.45. The topological polar surface area (TPSA) is 69.2 Å². The van der Waals surface area contributed by atoms with Crippen LogP contribution in [0.25, 0.3) is 0 Å². The fraction of sp³-hybridized carbons (Fsp3) is 0.688. The lowest BCUT2D eigenvalue weighted by molar-refractivity contribution is 0.198. The smallest absolute Gasteiger partial charge is 0.240 e. The standard InChI is InChI=1S/C16H25N5O2/c1-11(2)16-17-12-9-21(7-5-13(12)20(16)3)10-15-18-14(19-23-15)6-8-22-4/h11H,5-10H2,1-4H3. The number of rotatable bonds is 6. The van der Waals surface area contributed by atoms with Gasteiger partial charge in [-0.3, -0.25) is 4.90 Å². The van der Waals surface area contributed by atoms with E-state index >= 15 is 0 Å². The Labute approximate surface area is 136 Å². The molecule has 3 heterocycles. The minimum atomic E-state index is 0.443. The van der Waals surface area contributed by atoms with Crippen LogP contribution < -0.4 is 0 Å². The fourth-order valence-electron chi connectivity index (χ4n) is 3.10. The van der Waals surface area contributed by atoms with Crippen LogP contribution >= 0.6 is 0 Å². The van der Waals surface area contributed by atoms with Gasteiger partial charge in [-0.05, 0) is 0 Å². The van der Waals surface area contributed by atoms with Crippen LogP contribution in [0.4, 0.5) is 0 Å². The maximum absolute atomic E-state index is 5.34. The highest BCUT2D eigenvalue weighted by atomic mass is 16.5. The van der Waals surface area contributed by atoms with Crippen molar-refractivity contribution in [2.24, 2.45) is 7.05 Å². The van der Waals surface area contributed by atoms with Crippen molar-refractivity contribution in [3.05, 3.63) is 28.9 Å². The first-order chi connectivity index (χ1) is 11.1. The largest absolute Gasteiger partial charge is 0.384 e. The van der Waals surface area contributed by atoms with Crippen LogP contribution in [0, 0.1) is 0 Å². The average Bonchev–Trinajstić information content (AvgIpc) is 3.10. The summed E-state index contributed by atoms with van der Waals surface area (Å²) in [6.07, 6.45) is 1.69. The first kappa shape index (κ1) is 16.1. The fourth-order valence-corrected chi connectivity index (χ4v) is 3.10. The minimum absolute atomic E-state index is 0.443. The van der Waals surface area contributed by atoms with Crippen LogP contribution in [0.5, 0.6) is 0 Å². The summed E-state index contributed by atoms with van der Waals surface area (Å²) in [5.41, 5.74) is 2.54. The summed E-state index contributed by atoms with van der Waals surface area (Å²) in [6.45, 7) is 7.48. The number of aromatic nitrogens is 4. The van der Waals surface area contributed by atoms with Crippen molar-refractivity contribution in [1.82, 2.24) is 24.6 Å². The van der Waals surface area contributed by atoms with Crippen LogP contribution in [0.15, 0.2) is 4.52 Å². The summed E-state index contributed by atoms with van der Waals surface area (Å²) in [4.78, 5) is 11.6. The molecule has 0 aromatic carbocycles. The summed E-state index contributed by atoms with van der Waals surface area (Å²) in [5.74, 6) is 2.98. The van der Waals surface area contributed by atoms with E-state index in [0.717, 1.165) is 25.3 Å². The molecule has 1 aliphatic heterocycles. The highest BCUT2D eigenvalue weighted by molar-refractivity contribution is 5.21. The molecule has 1 aliphatic rings. The molecule has 0 N–H and O–H groups in total. The Morgan fingerprint density at radius 2 is 2.13 bits per heavy atom. The monoisotopic (exact) mass is 319 g/mol. The van der Waals surface area contributed by atoms with E-state index in [9.17, 15) is 0 Å². The quantitative estimate of drug-likeness (QED) is 0.807. The van der Waals surface area contributed by atoms with E-state index in [4.69, 9.17) is 14.2 Å². The molecule has 0 aliphatic carbocycles. The van der Waals surface area contributed by atoms with Crippen LogP contribution in [0.1, 0.15) is 48.7 Å². The van der Waals surface area contributed by atoms with Gasteiger partial charge >= 0.3 is 0 Å². The van der Waals surface area contributed by atoms with Crippen molar-refractivity contribution in [3.8, 4) is 0 Å². The molecule has 0 bridgehead atoms. The van der Waals surface area contributed by atoms with E-state index in [1.165, 1.54) is 11.4 Å². The molecular weight excluding hydrogens is 294 g/mol. The van der Waals surface area contributed by atoms with Gasteiger partial charge in [0.05, 0.1) is 18.8 Å². The second-order valence-electron chi connectivity index (χ2n) is 6.38. The summed E-state index contributed by atoms with van der Waals surface area (Å²) < 4.78 is 12.6. The maximum Gasteiger partial charge on any atom is 0.240 e. The van der Waals surface area contributed by atoms with Crippen molar-refractivity contribution < 1.29 is 9.26 Å². The number of hydrogen-bond donors (Lipinski definition) is 0. The lowest BCUT2D eigenvalue weighted by atomic mass is 10.1. The summed E-state index contributed by atoms with van der Waals surface area (Å²) in [6, 6.07) is 0. The number of hydrogen-bond acceptors (Lipinski definition) is 6. The molecule has 0 radical (unpaired) electrons. The van der Waals surface area contributed by atoms with E-state index < -0.39 is 0 Å². The van der Waals surface area contributed by atoms with Crippen LogP contribution in [0.2, 0.25) is 0 Å². The molecule has 0 spiro atoms. The van der Waals surface area contributed by atoms with Crippen molar-refractivity contribution in [2.75, 3.05) is 20.3 Å². The van der Waals surface area contributed by atoms with E-state index in [0.29, 0.717) is 37.2 Å². The third-order valence-corrected chi connectivity index (χ3v) is 4.28. The molecule has 7 nitrogen and oxygen atoms in total. The molecule has 0 fully saturated rings. The van der Waals surface area contributed by atoms with Gasteiger partial charge in [-0.25, -0.2) is 4.98 Å². The zero-order valence-electron chi connectivity index (χ0n) is 14.4. The van der Waals surface area contributed by atoms with Crippen molar-refractivity contribution in [2.45, 2.75) is 45.7 Å². The van der Waals surface area contributed by atoms with E-state index in [-0.39, 0.29) is 0 Å². The van der Waals surface area contributed by atoms with Gasteiger partial charge in [0.2, 0.25) is 5.89 Å². The Kier molecular flexibility index (Phi) is 4.77. The molecule has 23 heavy (non-hydrogen) atoms. The molecule has 0 atom stereocenters. The van der Waals surface area contributed by atoms with Gasteiger partial charge < -0.3 is 13.8 Å². The van der Waals surface area contributed by atoms with Crippen molar-refractivity contribution >= 4 is 0 Å². The molecule has 0 amide bonds. The number of methoxy groups -OCH3 is 1. The van der Waals surface area contributed by atoms with Gasteiger partial charge in [0.1, 0.15) is 5.82 Å². The molecule has 7 heteroatoms. The highest BCUT2D eigenvalue weighted by Gasteiger charge is 2.24. The first-order valence-corrected chi connectivity index (χ1v) is 8.15. The predicted molar refractivity (Wildman–Crippen MR) is 85.0 cm³/mol. The van der Waals surface area contributed by atoms with Crippen molar-refractivity contribution in [1.29, 1.82) is 0 Å². The van der Waals surface area contributed by atoms with Gasteiger partial charge in [0, 0.05) is 51.7 Å². The van der Waals surface area contributed by atoms with E-state index in [1.54, 1.807) is 7.11 Å². The lowest BCUT2D eigenvalue weighted by Crippen LogP contribution is -2.30. The number of imidazole rings is 1. The van der Waals surface area contributed by atoms with Crippen LogP contribution in [0.3, 0.4) is 0 Å². The van der Waals surface area contributed by atoms with E-state index in [1.807, 2.05) is 0 Å². The average molecular weight is 319 g/mol. The van der Waals surface area contributed by atoms with Gasteiger partial charge in [0.25, 0.3) is 0 Å². The molecule has 0 unspecified atom stereocenters. The van der Waals surface area contributed by atoms with Gasteiger partial charge in [-0.2, -0.15) is 4.98 Å². The SMILES string of the molecule is COCCc1noc(CN2CCc3c(nc(C(C)C)n3C)C2)n1. The molecule has 126 valence electrons. The van der Waals surface area contributed by atoms with Gasteiger partial charge in [-0.15, -0.1) is 0 Å². The van der Waals surface area contributed by atoms with Gasteiger partial charge in [-0.1, -0.05) is 19.0 Å². The zero-order chi connectivity index (χ0) is 16.4. The number of nitrogens with zero attached hydrogens (tertiary/aromatic N) is 5. The lowest BCUT2D eigenvalue weighted by Gasteiger charge is -2.25. The Balaban J connectivity index is 1.65. The van der Waals surface area contributed by atoms with Crippen LogP contribution in [-0.4, -0.2) is 44.9 Å². The van der Waals surface area contributed by atoms with Gasteiger partial charge in [0.15, 0.2) is 5.82 Å². The highest BCUT2D eigenvalue weighted by Crippen LogP contribution is 2.24. The molecule has 2 aromatic rings. The predicted octanol–water partition coefficient (Wildman–Crippen LogP) is 1.67. The Morgan fingerprint density at radius 1 is 1.30 bits per heavy atom. The molecular formula is C16H25N5O2. The minimum Gasteiger partial charge on any atom is -0.384 e. The normalized spacial score (nSPS) is 15.3. The summed E-state index contributed by atoms with van der Waals surface area (Å²) in [7, 11) is 3.79. The molecule has 2 aromatic heterocycles. The Bertz CT molecular complexity index is 661. The third-order valence-electron chi connectivity index (χ3n) is 4.28. The molecule has 0 saturated heterocycles. The van der Waals surface area contributed by atoms with Crippen LogP contribution in [-0.2, 0) is 37.7 Å². The molecule has 3 rings (SSSR count). The van der Waals surface area contributed by atoms with E-state index in [2.05, 4.69) is 40.5 Å². The molecule has 0 saturated carbocycles. The summed E-state index contributed by atoms with van der Waals surface area (Å²) in [5, 5.41) is 3.99. The second-order valence-corrected chi connectivity index (χ2v) is 6.38. The maximum atomic E-state index is 5.34. The number of fused-ring (bicyclic) bond motifs is 1. The number of ether oxygens (including phenoxy) is 1.